The van der Waals surface area contributed by atoms with Crippen LogP contribution in [-0.2, 0) is 4.79 Å². The third-order valence-electron chi connectivity index (χ3n) is 1.51. The van der Waals surface area contributed by atoms with Crippen molar-refractivity contribution in [2.75, 3.05) is 5.32 Å². The van der Waals surface area contributed by atoms with E-state index >= 15 is 0 Å². The van der Waals surface area contributed by atoms with E-state index in [0.29, 0.717) is 5.69 Å². The Hall–Kier alpha value is -0.870. The second-order valence-electron chi connectivity index (χ2n) is 2.65. The van der Waals surface area contributed by atoms with Crippen molar-refractivity contribution in [3.8, 4) is 0 Å². The normalized spacial score (nSPS) is 12.2. The summed E-state index contributed by atoms with van der Waals surface area (Å²) >= 11 is 3.28. The highest BCUT2D eigenvalue weighted by Gasteiger charge is 2.09. The first-order chi connectivity index (χ1) is 6.11. The number of anilines is 1. The minimum atomic E-state index is -0.993. The molecule has 0 bridgehead atoms. The van der Waals surface area contributed by atoms with Crippen molar-refractivity contribution in [2.45, 2.75) is 13.0 Å². The van der Waals surface area contributed by atoms with Gasteiger partial charge in [-0.2, -0.15) is 0 Å². The van der Waals surface area contributed by atoms with Gasteiger partial charge in [-0.25, -0.2) is 0 Å². The topological polar surface area (TPSA) is 49.3 Å². The van der Waals surface area contributed by atoms with Gasteiger partial charge in [-0.05, 0) is 35.0 Å². The summed E-state index contributed by atoms with van der Waals surface area (Å²) in [4.78, 5) is 11.1. The van der Waals surface area contributed by atoms with Crippen LogP contribution in [0, 0.1) is 0 Å². The number of hydrogen-bond acceptors (Lipinski definition) is 2. The Kier molecular flexibility index (Phi) is 3.45. The number of hydrogen-bond donors (Lipinski definition) is 2. The molecule has 13 heavy (non-hydrogen) atoms. The zero-order chi connectivity index (χ0) is 9.84. The van der Waals surface area contributed by atoms with Crippen molar-refractivity contribution >= 4 is 27.5 Å². The van der Waals surface area contributed by atoms with Gasteiger partial charge in [0.15, 0.2) is 0 Å². The quantitative estimate of drug-likeness (QED) is 0.832. The summed E-state index contributed by atoms with van der Waals surface area (Å²) in [5, 5.41) is 11.5. The maximum atomic E-state index is 11.1. The maximum absolute atomic E-state index is 11.1. The Bertz CT molecular complexity index is 312. The molecule has 3 nitrogen and oxygen atoms in total. The van der Waals surface area contributed by atoms with Gasteiger partial charge in [-0.3, -0.25) is 4.79 Å². The number of aliphatic hydroxyl groups excluding tert-OH is 1. The number of halogens is 1. The summed E-state index contributed by atoms with van der Waals surface area (Å²) in [5.41, 5.74) is 0.661. The Morgan fingerprint density at radius 3 is 2.69 bits per heavy atom. The molecular formula is C9H10BrNO2. The SMILES string of the molecule is CC(O)C(=O)Nc1ccccc1Br. The van der Waals surface area contributed by atoms with Gasteiger partial charge in [0.2, 0.25) is 0 Å². The number of para-hydroxylation sites is 1. The van der Waals surface area contributed by atoms with E-state index < -0.39 is 12.0 Å². The molecule has 1 atom stereocenters. The minimum Gasteiger partial charge on any atom is -0.384 e. The van der Waals surface area contributed by atoms with E-state index in [1.54, 1.807) is 6.07 Å². The summed E-state index contributed by atoms with van der Waals surface area (Å²) in [7, 11) is 0. The average Bonchev–Trinajstić information content (AvgIpc) is 2.08. The molecule has 0 saturated heterocycles. The van der Waals surface area contributed by atoms with Crippen molar-refractivity contribution in [1.82, 2.24) is 0 Å². The monoisotopic (exact) mass is 243 g/mol. The molecule has 1 aromatic carbocycles. The number of benzene rings is 1. The van der Waals surface area contributed by atoms with Crippen molar-refractivity contribution in [3.05, 3.63) is 28.7 Å². The molecule has 0 aliphatic heterocycles. The van der Waals surface area contributed by atoms with Crippen LogP contribution in [0.2, 0.25) is 0 Å². The molecule has 0 aromatic heterocycles. The number of amides is 1. The molecule has 0 saturated carbocycles. The Morgan fingerprint density at radius 1 is 1.54 bits per heavy atom. The van der Waals surface area contributed by atoms with Gasteiger partial charge in [0.05, 0.1) is 5.69 Å². The number of carbonyl (C=O) groups excluding carboxylic acids is 1. The number of nitrogens with one attached hydrogen (secondary N) is 1. The molecule has 4 heteroatoms. The predicted molar refractivity (Wildman–Crippen MR) is 54.5 cm³/mol. The van der Waals surface area contributed by atoms with Crippen LogP contribution in [-0.4, -0.2) is 17.1 Å². The van der Waals surface area contributed by atoms with Gasteiger partial charge in [0, 0.05) is 4.47 Å². The fourth-order valence-corrected chi connectivity index (χ4v) is 1.18. The average molecular weight is 244 g/mol. The third-order valence-corrected chi connectivity index (χ3v) is 2.20. The highest BCUT2D eigenvalue weighted by Crippen LogP contribution is 2.21. The van der Waals surface area contributed by atoms with Crippen LogP contribution in [0.4, 0.5) is 5.69 Å². The highest BCUT2D eigenvalue weighted by atomic mass is 79.9. The van der Waals surface area contributed by atoms with Crippen LogP contribution < -0.4 is 5.32 Å². The fourth-order valence-electron chi connectivity index (χ4n) is 0.800. The standard InChI is InChI=1S/C9H10BrNO2/c1-6(12)9(13)11-8-5-3-2-4-7(8)10/h2-6,12H,1H3,(H,11,13). The molecule has 1 aromatic rings. The van der Waals surface area contributed by atoms with E-state index in [-0.39, 0.29) is 0 Å². The second-order valence-corrected chi connectivity index (χ2v) is 3.50. The third kappa shape index (κ3) is 2.82. The minimum absolute atomic E-state index is 0.410. The van der Waals surface area contributed by atoms with Gasteiger partial charge in [0.1, 0.15) is 6.10 Å². The largest absolute Gasteiger partial charge is 0.384 e. The van der Waals surface area contributed by atoms with Crippen LogP contribution >= 0.6 is 15.9 Å². The Balaban J connectivity index is 2.75. The molecule has 0 aliphatic carbocycles. The van der Waals surface area contributed by atoms with Crippen LogP contribution in [0.5, 0.6) is 0 Å². The lowest BCUT2D eigenvalue weighted by molar-refractivity contribution is -0.123. The van der Waals surface area contributed by atoms with E-state index in [4.69, 9.17) is 5.11 Å². The van der Waals surface area contributed by atoms with E-state index in [9.17, 15) is 4.79 Å². The molecule has 2 N–H and O–H groups in total. The van der Waals surface area contributed by atoms with Crippen molar-refractivity contribution in [1.29, 1.82) is 0 Å². The number of rotatable bonds is 2. The smallest absolute Gasteiger partial charge is 0.252 e. The Morgan fingerprint density at radius 2 is 2.15 bits per heavy atom. The van der Waals surface area contributed by atoms with Crippen LogP contribution in [0.25, 0.3) is 0 Å². The van der Waals surface area contributed by atoms with E-state index in [1.807, 2.05) is 18.2 Å². The summed E-state index contributed by atoms with van der Waals surface area (Å²) in [5.74, 6) is -0.410. The van der Waals surface area contributed by atoms with Crippen LogP contribution in [0.1, 0.15) is 6.92 Å². The van der Waals surface area contributed by atoms with Gasteiger partial charge >= 0.3 is 0 Å². The van der Waals surface area contributed by atoms with Crippen LogP contribution in [0.15, 0.2) is 28.7 Å². The first-order valence-electron chi connectivity index (χ1n) is 3.84. The molecule has 0 heterocycles. The summed E-state index contributed by atoms with van der Waals surface area (Å²) in [6.45, 7) is 1.42. The first-order valence-corrected chi connectivity index (χ1v) is 4.64. The van der Waals surface area contributed by atoms with Gasteiger partial charge < -0.3 is 10.4 Å². The molecule has 0 spiro atoms. The molecule has 1 rings (SSSR count). The van der Waals surface area contributed by atoms with Gasteiger partial charge in [0.25, 0.3) is 5.91 Å². The van der Waals surface area contributed by atoms with Crippen molar-refractivity contribution < 1.29 is 9.90 Å². The zero-order valence-electron chi connectivity index (χ0n) is 7.12. The van der Waals surface area contributed by atoms with E-state index in [2.05, 4.69) is 21.2 Å². The lowest BCUT2D eigenvalue weighted by Gasteiger charge is -2.08. The second kappa shape index (κ2) is 4.39. The molecule has 1 unspecified atom stereocenters. The molecule has 1 amide bonds. The summed E-state index contributed by atoms with van der Waals surface area (Å²) in [6.07, 6.45) is -0.993. The predicted octanol–water partition coefficient (Wildman–Crippen LogP) is 1.77. The van der Waals surface area contributed by atoms with E-state index in [1.165, 1.54) is 6.92 Å². The molecule has 70 valence electrons. The van der Waals surface area contributed by atoms with Gasteiger partial charge in [-0.15, -0.1) is 0 Å². The summed E-state index contributed by atoms with van der Waals surface area (Å²) < 4.78 is 0.795. The van der Waals surface area contributed by atoms with Crippen molar-refractivity contribution in [3.63, 3.8) is 0 Å². The highest BCUT2D eigenvalue weighted by molar-refractivity contribution is 9.10. The maximum Gasteiger partial charge on any atom is 0.252 e. The lowest BCUT2D eigenvalue weighted by atomic mass is 10.3. The zero-order valence-corrected chi connectivity index (χ0v) is 8.71. The number of carbonyl (C=O) groups is 1. The van der Waals surface area contributed by atoms with Crippen molar-refractivity contribution in [2.24, 2.45) is 0 Å². The summed E-state index contributed by atoms with van der Waals surface area (Å²) in [6, 6.07) is 7.23. The molecule has 0 fully saturated rings. The van der Waals surface area contributed by atoms with Gasteiger partial charge in [-0.1, -0.05) is 12.1 Å². The molecule has 0 aliphatic rings. The fraction of sp³-hybridized carbons (Fsp3) is 0.222. The Labute approximate surface area is 84.9 Å². The molecular weight excluding hydrogens is 234 g/mol. The first kappa shape index (κ1) is 10.2. The number of aliphatic hydroxyl groups is 1. The van der Waals surface area contributed by atoms with E-state index in [0.717, 1.165) is 4.47 Å². The van der Waals surface area contributed by atoms with Crippen LogP contribution in [0.3, 0.4) is 0 Å². The molecule has 0 radical (unpaired) electrons. The lowest BCUT2D eigenvalue weighted by Crippen LogP contribution is -2.24.